The van der Waals surface area contributed by atoms with Crippen LogP contribution in [0.2, 0.25) is 0 Å². The lowest BCUT2D eigenvalue weighted by molar-refractivity contribution is -0.253. The maximum Gasteiger partial charge on any atom is 0.432 e. The van der Waals surface area contributed by atoms with Gasteiger partial charge in [-0.05, 0) is 22.9 Å². The summed E-state index contributed by atoms with van der Waals surface area (Å²) in [6, 6.07) is 8.83. The second-order valence-corrected chi connectivity index (χ2v) is 7.94. The van der Waals surface area contributed by atoms with Gasteiger partial charge in [-0.1, -0.05) is 30.3 Å². The van der Waals surface area contributed by atoms with Gasteiger partial charge in [0.05, 0.1) is 5.56 Å². The van der Waals surface area contributed by atoms with Crippen LogP contribution >= 0.6 is 0 Å². The smallest absolute Gasteiger partial charge is 0.432 e. The molecule has 0 N–H and O–H groups in total. The van der Waals surface area contributed by atoms with Crippen LogP contribution in [-0.4, -0.2) is 50.6 Å². The minimum absolute atomic E-state index is 0.239. The summed E-state index contributed by atoms with van der Waals surface area (Å²) >= 11 is 0. The van der Waals surface area contributed by atoms with Gasteiger partial charge >= 0.3 is 33.7 Å². The highest BCUT2D eigenvalue weighted by molar-refractivity contribution is 7.87. The third-order valence-corrected chi connectivity index (χ3v) is 5.27. The first-order valence-electron chi connectivity index (χ1n) is 8.30. The molecule has 0 aromatic heterocycles. The number of halogens is 10. The molecule has 33 heavy (non-hydrogen) atoms. The summed E-state index contributed by atoms with van der Waals surface area (Å²) in [4.78, 5) is 12.0. The Bertz CT molecular complexity index is 1110. The number of carbonyl (C=O) groups is 1. The molecule has 0 aliphatic rings. The van der Waals surface area contributed by atoms with Crippen LogP contribution in [-0.2, 0) is 19.0 Å². The highest BCUT2D eigenvalue weighted by Crippen LogP contribution is 2.41. The third-order valence-electron chi connectivity index (χ3n) is 3.93. The number of rotatable bonds is 7. The van der Waals surface area contributed by atoms with E-state index in [2.05, 4.69) is 8.92 Å². The molecule has 2 aromatic rings. The van der Waals surface area contributed by atoms with Crippen molar-refractivity contribution < 1.29 is 66.0 Å². The van der Waals surface area contributed by atoms with Gasteiger partial charge < -0.3 is 4.74 Å². The zero-order valence-electron chi connectivity index (χ0n) is 15.5. The lowest BCUT2D eigenvalue weighted by Crippen LogP contribution is -2.54. The number of carbonyl (C=O) groups excluding carboxylic acids is 1. The van der Waals surface area contributed by atoms with E-state index in [0.29, 0.717) is 5.39 Å². The van der Waals surface area contributed by atoms with Crippen molar-refractivity contribution in [1.29, 1.82) is 0 Å². The third kappa shape index (κ3) is 5.85. The van der Waals surface area contributed by atoms with Crippen LogP contribution in [0.15, 0.2) is 42.5 Å². The first kappa shape index (κ1) is 26.6. The summed E-state index contributed by atoms with van der Waals surface area (Å²) in [6.07, 6.45) is -26.9. The first-order chi connectivity index (χ1) is 14.9. The molecule has 5 nitrogen and oxygen atoms in total. The fourth-order valence-electron chi connectivity index (χ4n) is 2.39. The van der Waals surface area contributed by atoms with Crippen molar-refractivity contribution in [3.05, 3.63) is 48.0 Å². The highest BCUT2D eigenvalue weighted by atomic mass is 32.2. The maximum atomic E-state index is 14.2. The highest BCUT2D eigenvalue weighted by Gasteiger charge is 2.68. The summed E-state index contributed by atoms with van der Waals surface area (Å²) < 4.78 is 159. The average molecular weight is 516 g/mol. The Hall–Kier alpha value is -2.62. The molecule has 0 spiro atoms. The van der Waals surface area contributed by atoms with Gasteiger partial charge in [-0.3, -0.25) is 0 Å². The molecule has 0 bridgehead atoms. The van der Waals surface area contributed by atoms with Crippen molar-refractivity contribution in [2.45, 2.75) is 36.2 Å². The molecule has 16 heteroatoms. The molecule has 2 rings (SSSR count). The molecule has 0 saturated carbocycles. The number of ether oxygens (including phenoxy) is 1. The molecule has 2 unspecified atom stereocenters. The van der Waals surface area contributed by atoms with E-state index in [0.717, 1.165) is 12.1 Å². The Balaban J connectivity index is 2.42. The zero-order chi connectivity index (χ0) is 25.4. The van der Waals surface area contributed by atoms with E-state index in [1.807, 2.05) is 0 Å². The minimum atomic E-state index is -7.36. The molecular formula is C17H10F10O5S. The van der Waals surface area contributed by atoms with E-state index in [9.17, 15) is 57.1 Å². The van der Waals surface area contributed by atoms with Gasteiger partial charge in [-0.15, -0.1) is 0 Å². The molecule has 0 heterocycles. The molecule has 0 fully saturated rings. The van der Waals surface area contributed by atoms with Gasteiger partial charge in [0, 0.05) is 0 Å². The summed E-state index contributed by atoms with van der Waals surface area (Å²) in [6.45, 7) is 0. The summed E-state index contributed by atoms with van der Waals surface area (Å²) in [5, 5.41) is -5.73. The van der Waals surface area contributed by atoms with E-state index in [-0.39, 0.29) is 5.39 Å². The molecule has 0 saturated heterocycles. The Morgan fingerprint density at radius 1 is 0.818 bits per heavy atom. The monoisotopic (exact) mass is 516 g/mol. The summed E-state index contributed by atoms with van der Waals surface area (Å²) in [5.41, 5.74) is -0.752. The van der Waals surface area contributed by atoms with E-state index in [1.54, 1.807) is 6.07 Å². The van der Waals surface area contributed by atoms with Gasteiger partial charge in [0.1, 0.15) is 0 Å². The van der Waals surface area contributed by atoms with Crippen molar-refractivity contribution in [1.82, 2.24) is 0 Å². The van der Waals surface area contributed by atoms with Gasteiger partial charge in [0.15, 0.2) is 0 Å². The summed E-state index contributed by atoms with van der Waals surface area (Å²) in [7, 11) is -7.36. The maximum absolute atomic E-state index is 14.2. The van der Waals surface area contributed by atoms with Crippen LogP contribution in [0.1, 0.15) is 10.4 Å². The number of hydrogen-bond acceptors (Lipinski definition) is 5. The Labute approximate surface area is 178 Å². The van der Waals surface area contributed by atoms with E-state index >= 15 is 0 Å². The van der Waals surface area contributed by atoms with Crippen LogP contribution in [0, 0.1) is 0 Å². The van der Waals surface area contributed by atoms with Gasteiger partial charge in [-0.25, -0.2) is 17.8 Å². The molecule has 0 aliphatic carbocycles. The molecular weight excluding hydrogens is 506 g/mol. The quantitative estimate of drug-likeness (QED) is 0.292. The van der Waals surface area contributed by atoms with Crippen molar-refractivity contribution in [2.24, 2.45) is 0 Å². The Kier molecular flexibility index (Phi) is 7.23. The first-order valence-corrected chi connectivity index (χ1v) is 9.71. The molecule has 0 aliphatic heterocycles. The lowest BCUT2D eigenvalue weighted by Gasteiger charge is -2.29. The second kappa shape index (κ2) is 8.96. The molecule has 2 atom stereocenters. The predicted octanol–water partition coefficient (Wildman–Crippen LogP) is 5.06. The largest absolute Gasteiger partial charge is 0.441 e. The number of alkyl halides is 10. The number of hydrogen-bond donors (Lipinski definition) is 0. The van der Waals surface area contributed by atoms with Crippen LogP contribution < -0.4 is 0 Å². The van der Waals surface area contributed by atoms with Gasteiger partial charge in [0.25, 0.3) is 12.5 Å². The standard InChI is InChI=1S/C17H10F10O5S/c18-12(19)11(15(20,21)22)32-33(29,30)17(26,27)14(16(23,24)25)31-13(28)10-6-5-8-3-1-2-4-9(8)7-10/h1-7,11-12,14H. The second-order valence-electron chi connectivity index (χ2n) is 6.30. The van der Waals surface area contributed by atoms with E-state index in [1.165, 1.54) is 24.3 Å². The van der Waals surface area contributed by atoms with Crippen molar-refractivity contribution >= 4 is 26.9 Å². The summed E-state index contributed by atoms with van der Waals surface area (Å²) in [5.74, 6) is -2.13. The minimum Gasteiger partial charge on any atom is -0.441 e. The molecule has 2 aromatic carbocycles. The number of fused-ring (bicyclic) bond motifs is 1. The van der Waals surface area contributed by atoms with Gasteiger partial charge in [-0.2, -0.15) is 43.5 Å². The van der Waals surface area contributed by atoms with Crippen molar-refractivity contribution in [3.63, 3.8) is 0 Å². The van der Waals surface area contributed by atoms with Crippen LogP contribution in [0.3, 0.4) is 0 Å². The molecule has 0 amide bonds. The fraction of sp³-hybridized carbons (Fsp3) is 0.353. The Morgan fingerprint density at radius 2 is 1.36 bits per heavy atom. The lowest BCUT2D eigenvalue weighted by atomic mass is 10.1. The fourth-order valence-corrected chi connectivity index (χ4v) is 3.43. The van der Waals surface area contributed by atoms with Gasteiger partial charge in [0.2, 0.25) is 6.10 Å². The van der Waals surface area contributed by atoms with Crippen molar-refractivity contribution in [2.75, 3.05) is 0 Å². The number of benzene rings is 2. The van der Waals surface area contributed by atoms with Crippen LogP contribution in [0.25, 0.3) is 10.8 Å². The Morgan fingerprint density at radius 3 is 1.85 bits per heavy atom. The normalized spacial score (nSPS) is 15.5. The van der Waals surface area contributed by atoms with E-state index in [4.69, 9.17) is 0 Å². The topological polar surface area (TPSA) is 69.7 Å². The van der Waals surface area contributed by atoms with E-state index < -0.39 is 57.9 Å². The van der Waals surface area contributed by atoms with Crippen molar-refractivity contribution in [3.8, 4) is 0 Å². The SMILES string of the molecule is O=C(OC(C(F)(F)F)C(F)(F)S(=O)(=O)OC(C(F)F)C(F)(F)F)c1ccc2ccccc2c1. The van der Waals surface area contributed by atoms with Crippen LogP contribution in [0.4, 0.5) is 43.9 Å². The average Bonchev–Trinajstić information content (AvgIpc) is 2.67. The predicted molar refractivity (Wildman–Crippen MR) is 90.0 cm³/mol. The molecule has 0 radical (unpaired) electrons. The molecule has 184 valence electrons. The van der Waals surface area contributed by atoms with Crippen LogP contribution in [0.5, 0.6) is 0 Å². The number of esters is 1. The zero-order valence-corrected chi connectivity index (χ0v) is 16.3.